The molecule has 0 bridgehead atoms. The summed E-state index contributed by atoms with van der Waals surface area (Å²) in [5.41, 5.74) is 3.08. The third-order valence-electron chi connectivity index (χ3n) is 4.92. The van der Waals surface area contributed by atoms with Crippen molar-refractivity contribution >= 4 is 17.5 Å². The van der Waals surface area contributed by atoms with Gasteiger partial charge in [-0.1, -0.05) is 11.6 Å². The number of ketones is 2. The lowest BCUT2D eigenvalue weighted by Gasteiger charge is -2.32. The van der Waals surface area contributed by atoms with Gasteiger partial charge in [0.1, 0.15) is 17.1 Å². The first-order valence-electron chi connectivity index (χ1n) is 8.85. The van der Waals surface area contributed by atoms with Gasteiger partial charge in [0, 0.05) is 23.1 Å². The van der Waals surface area contributed by atoms with Crippen LogP contribution in [0.25, 0.3) is 0 Å². The van der Waals surface area contributed by atoms with E-state index in [9.17, 15) is 14.4 Å². The first kappa shape index (κ1) is 19.6. The van der Waals surface area contributed by atoms with Crippen molar-refractivity contribution in [3.05, 3.63) is 57.4 Å². The van der Waals surface area contributed by atoms with Crippen molar-refractivity contribution in [2.75, 3.05) is 14.2 Å². The lowest BCUT2D eigenvalue weighted by atomic mass is 9.78. The highest BCUT2D eigenvalue weighted by molar-refractivity contribution is 6.23. The molecule has 0 saturated heterocycles. The number of esters is 1. The first-order chi connectivity index (χ1) is 13.2. The fourth-order valence-electron chi connectivity index (χ4n) is 3.66. The Morgan fingerprint density at radius 2 is 1.86 bits per heavy atom. The van der Waals surface area contributed by atoms with Gasteiger partial charge >= 0.3 is 5.97 Å². The molecule has 6 heteroatoms. The summed E-state index contributed by atoms with van der Waals surface area (Å²) in [6.45, 7) is 7.16. The Bertz CT molecular complexity index is 1000. The van der Waals surface area contributed by atoms with Gasteiger partial charge in [0.2, 0.25) is 5.78 Å². The van der Waals surface area contributed by atoms with Gasteiger partial charge < -0.3 is 14.2 Å². The van der Waals surface area contributed by atoms with Crippen LogP contribution < -0.4 is 9.47 Å². The van der Waals surface area contributed by atoms with Crippen molar-refractivity contribution < 1.29 is 28.6 Å². The number of carbonyl (C=O) groups is 3. The van der Waals surface area contributed by atoms with Crippen LogP contribution in [0.4, 0.5) is 0 Å². The number of rotatable bonds is 3. The van der Waals surface area contributed by atoms with E-state index in [0.717, 1.165) is 5.57 Å². The molecule has 0 fully saturated rings. The zero-order valence-corrected chi connectivity index (χ0v) is 16.8. The fraction of sp³-hybridized carbons (Fsp3) is 0.318. The molecule has 0 saturated carbocycles. The minimum Gasteiger partial charge on any atom is -0.496 e. The van der Waals surface area contributed by atoms with Crippen molar-refractivity contribution in [1.82, 2.24) is 0 Å². The van der Waals surface area contributed by atoms with Crippen molar-refractivity contribution in [3.8, 4) is 11.5 Å². The summed E-state index contributed by atoms with van der Waals surface area (Å²) in [5.74, 6) is -0.944. The molecular weight excluding hydrogens is 360 g/mol. The Morgan fingerprint density at radius 1 is 1.18 bits per heavy atom. The maximum absolute atomic E-state index is 12.8. The van der Waals surface area contributed by atoms with Gasteiger partial charge in [0.25, 0.3) is 0 Å². The number of carbonyl (C=O) groups excluding carboxylic acids is 3. The minimum absolute atomic E-state index is 0.0345. The fourth-order valence-corrected chi connectivity index (χ4v) is 3.66. The summed E-state index contributed by atoms with van der Waals surface area (Å²) < 4.78 is 16.2. The van der Waals surface area contributed by atoms with Crippen LogP contribution in [0, 0.1) is 6.92 Å². The number of methoxy groups -OCH3 is 2. The second kappa shape index (κ2) is 7.11. The number of hydrogen-bond donors (Lipinski definition) is 0. The number of allylic oxidation sites excluding steroid dienone is 5. The average molecular weight is 382 g/mol. The molecule has 3 rings (SSSR count). The SMILES string of the molecule is COC(=O)c1c(OC)cc2c(c1C)[C@@H](C=C(C)C)C1=C(O2)C(=O)C(C)=CC1=O. The van der Waals surface area contributed by atoms with Crippen LogP contribution >= 0.6 is 0 Å². The van der Waals surface area contributed by atoms with E-state index in [2.05, 4.69) is 0 Å². The summed E-state index contributed by atoms with van der Waals surface area (Å²) in [5, 5.41) is 0. The molecule has 0 radical (unpaired) electrons. The van der Waals surface area contributed by atoms with E-state index in [1.54, 1.807) is 19.9 Å². The first-order valence-corrected chi connectivity index (χ1v) is 8.85. The number of ether oxygens (including phenoxy) is 3. The van der Waals surface area contributed by atoms with Gasteiger partial charge in [-0.05, 0) is 39.3 Å². The smallest absolute Gasteiger partial charge is 0.341 e. The van der Waals surface area contributed by atoms with Gasteiger partial charge in [0.05, 0.1) is 19.8 Å². The van der Waals surface area contributed by atoms with Gasteiger partial charge in [-0.15, -0.1) is 0 Å². The van der Waals surface area contributed by atoms with E-state index in [1.807, 2.05) is 19.9 Å². The molecule has 1 aromatic rings. The van der Waals surface area contributed by atoms with Crippen LogP contribution in [0.2, 0.25) is 0 Å². The highest BCUT2D eigenvalue weighted by atomic mass is 16.5. The van der Waals surface area contributed by atoms with Crippen molar-refractivity contribution in [1.29, 1.82) is 0 Å². The van der Waals surface area contributed by atoms with E-state index in [4.69, 9.17) is 14.2 Å². The maximum atomic E-state index is 12.8. The average Bonchev–Trinajstić information content (AvgIpc) is 2.64. The zero-order chi connectivity index (χ0) is 20.7. The van der Waals surface area contributed by atoms with E-state index in [-0.39, 0.29) is 34.2 Å². The molecule has 0 aromatic heterocycles. The predicted octanol–water partition coefficient (Wildman–Crippen LogP) is 3.58. The lowest BCUT2D eigenvalue weighted by molar-refractivity contribution is -0.117. The summed E-state index contributed by atoms with van der Waals surface area (Å²) in [4.78, 5) is 37.8. The van der Waals surface area contributed by atoms with Gasteiger partial charge in [-0.3, -0.25) is 9.59 Å². The largest absolute Gasteiger partial charge is 0.496 e. The third kappa shape index (κ3) is 2.95. The maximum Gasteiger partial charge on any atom is 0.341 e. The van der Waals surface area contributed by atoms with Crippen molar-refractivity contribution in [2.45, 2.75) is 33.6 Å². The number of hydrogen-bond acceptors (Lipinski definition) is 6. The van der Waals surface area contributed by atoms with E-state index >= 15 is 0 Å². The topological polar surface area (TPSA) is 78.9 Å². The Morgan fingerprint density at radius 3 is 2.43 bits per heavy atom. The summed E-state index contributed by atoms with van der Waals surface area (Å²) in [6, 6.07) is 1.57. The molecule has 0 unspecified atom stereocenters. The summed E-state index contributed by atoms with van der Waals surface area (Å²) in [6.07, 6.45) is 3.23. The molecule has 28 heavy (non-hydrogen) atoms. The highest BCUT2D eigenvalue weighted by Crippen LogP contribution is 2.48. The molecule has 6 nitrogen and oxygen atoms in total. The van der Waals surface area contributed by atoms with Crippen LogP contribution in [0.15, 0.2) is 40.7 Å². The van der Waals surface area contributed by atoms with Gasteiger partial charge in [-0.25, -0.2) is 4.79 Å². The Hall–Kier alpha value is -3.15. The quantitative estimate of drug-likeness (QED) is 0.452. The predicted molar refractivity (Wildman–Crippen MR) is 103 cm³/mol. The second-order valence-corrected chi connectivity index (χ2v) is 7.07. The number of fused-ring (bicyclic) bond motifs is 1. The Labute approximate surface area is 163 Å². The number of benzene rings is 1. The summed E-state index contributed by atoms with van der Waals surface area (Å²) in [7, 11) is 2.74. The standard InChI is InChI=1S/C22H22O6/c1-10(2)7-13-17-12(4)18(22(25)27-6)15(26-5)9-16(17)28-21-19(13)14(23)8-11(3)20(21)24/h7-9,13H,1-6H3/t13-/m1/s1. The monoisotopic (exact) mass is 382 g/mol. The Balaban J connectivity index is 2.35. The molecule has 0 spiro atoms. The molecule has 1 atom stereocenters. The molecule has 1 aliphatic carbocycles. The second-order valence-electron chi connectivity index (χ2n) is 7.07. The van der Waals surface area contributed by atoms with E-state index in [0.29, 0.717) is 22.4 Å². The molecule has 1 aliphatic heterocycles. The van der Waals surface area contributed by atoms with Gasteiger partial charge in [-0.2, -0.15) is 0 Å². The number of Topliss-reactive ketones (excluding diaryl/α,β-unsaturated/α-hetero) is 1. The Kier molecular flexibility index (Phi) is 4.98. The molecular formula is C22H22O6. The normalized spacial score (nSPS) is 17.9. The van der Waals surface area contributed by atoms with Crippen LogP contribution in [-0.4, -0.2) is 31.8 Å². The van der Waals surface area contributed by atoms with Crippen molar-refractivity contribution in [3.63, 3.8) is 0 Å². The van der Waals surface area contributed by atoms with Crippen LogP contribution in [0.3, 0.4) is 0 Å². The molecule has 1 heterocycles. The van der Waals surface area contributed by atoms with Crippen LogP contribution in [0.1, 0.15) is 48.2 Å². The van der Waals surface area contributed by atoms with E-state index in [1.165, 1.54) is 20.3 Å². The molecule has 2 aliphatic rings. The lowest BCUT2D eigenvalue weighted by Crippen LogP contribution is -2.29. The summed E-state index contributed by atoms with van der Waals surface area (Å²) >= 11 is 0. The highest BCUT2D eigenvalue weighted by Gasteiger charge is 2.40. The van der Waals surface area contributed by atoms with Crippen molar-refractivity contribution in [2.24, 2.45) is 0 Å². The van der Waals surface area contributed by atoms with Crippen LogP contribution in [0.5, 0.6) is 11.5 Å². The van der Waals surface area contributed by atoms with Crippen LogP contribution in [-0.2, 0) is 14.3 Å². The van der Waals surface area contributed by atoms with E-state index < -0.39 is 11.9 Å². The molecule has 146 valence electrons. The molecule has 1 aromatic carbocycles. The zero-order valence-electron chi connectivity index (χ0n) is 16.8. The van der Waals surface area contributed by atoms with Gasteiger partial charge in [0.15, 0.2) is 11.5 Å². The molecule has 0 amide bonds. The minimum atomic E-state index is -0.547. The molecule has 0 N–H and O–H groups in total. The third-order valence-corrected chi connectivity index (χ3v) is 4.92.